The number of rotatable bonds is 2. The van der Waals surface area contributed by atoms with Crippen molar-refractivity contribution < 1.29 is 27.0 Å². The number of halogens is 3. The van der Waals surface area contributed by atoms with Crippen LogP contribution in [0.5, 0.6) is 0 Å². The summed E-state index contributed by atoms with van der Waals surface area (Å²) in [4.78, 5) is 18.2. The minimum atomic E-state index is -1.60. The molecule has 8 nitrogen and oxygen atoms in total. The van der Waals surface area contributed by atoms with Crippen molar-refractivity contribution in [1.29, 1.82) is 0 Å². The number of benzene rings is 1. The third kappa shape index (κ3) is 2.98. The highest BCUT2D eigenvalue weighted by Crippen LogP contribution is 2.36. The van der Waals surface area contributed by atoms with Crippen molar-refractivity contribution in [2.24, 2.45) is 0 Å². The summed E-state index contributed by atoms with van der Waals surface area (Å²) in [6.45, 7) is 3.67. The standard InChI is InChI=1S/C17H14F3N5O3/c1-7-13-12(23-28-15(13)16-21-8(2)27-24-16)3-4-25(7)17(26)22-9-5-10(18)14(20)11(19)6-9/h5-7H,3-4H2,1-2H3,(H,22,26)/t7-/m0/s1. The van der Waals surface area contributed by atoms with E-state index in [9.17, 15) is 18.0 Å². The van der Waals surface area contributed by atoms with Gasteiger partial charge in [-0.15, -0.1) is 0 Å². The van der Waals surface area contributed by atoms with Crippen LogP contribution in [0.1, 0.15) is 30.1 Å². The lowest BCUT2D eigenvalue weighted by Gasteiger charge is -2.32. The molecule has 0 spiro atoms. The van der Waals surface area contributed by atoms with Gasteiger partial charge in [0.05, 0.1) is 11.7 Å². The predicted molar refractivity (Wildman–Crippen MR) is 88.7 cm³/mol. The number of anilines is 1. The fraction of sp³-hybridized carbons (Fsp3) is 0.294. The quantitative estimate of drug-likeness (QED) is 0.668. The Labute approximate surface area is 156 Å². The Morgan fingerprint density at radius 1 is 1.21 bits per heavy atom. The average Bonchev–Trinajstić information content (AvgIpc) is 3.26. The highest BCUT2D eigenvalue weighted by atomic mass is 19.2. The molecule has 0 saturated heterocycles. The zero-order chi connectivity index (χ0) is 20.0. The number of urea groups is 1. The van der Waals surface area contributed by atoms with Crippen LogP contribution in [0, 0.1) is 24.4 Å². The van der Waals surface area contributed by atoms with Crippen molar-refractivity contribution in [3.8, 4) is 11.6 Å². The molecule has 28 heavy (non-hydrogen) atoms. The molecule has 0 aliphatic carbocycles. The van der Waals surface area contributed by atoms with Gasteiger partial charge in [0, 0.05) is 43.3 Å². The fourth-order valence-electron chi connectivity index (χ4n) is 3.17. The molecule has 1 atom stereocenters. The molecule has 0 bridgehead atoms. The van der Waals surface area contributed by atoms with E-state index in [0.717, 1.165) is 0 Å². The highest BCUT2D eigenvalue weighted by molar-refractivity contribution is 5.90. The van der Waals surface area contributed by atoms with E-state index < -0.39 is 29.5 Å². The number of nitrogens with zero attached hydrogens (tertiary/aromatic N) is 4. The van der Waals surface area contributed by atoms with Crippen molar-refractivity contribution in [3.05, 3.63) is 46.7 Å². The number of aryl methyl sites for hydroxylation is 1. The van der Waals surface area contributed by atoms with Gasteiger partial charge in [0.15, 0.2) is 17.5 Å². The van der Waals surface area contributed by atoms with Gasteiger partial charge in [0.2, 0.25) is 17.5 Å². The molecule has 3 aromatic rings. The van der Waals surface area contributed by atoms with Crippen LogP contribution in [-0.4, -0.2) is 32.8 Å². The normalized spacial score (nSPS) is 16.2. The minimum absolute atomic E-state index is 0.196. The largest absolute Gasteiger partial charge is 0.352 e. The number of carbonyl (C=O) groups is 1. The smallest absolute Gasteiger partial charge is 0.322 e. The third-order valence-corrected chi connectivity index (χ3v) is 4.50. The second kappa shape index (κ2) is 6.66. The molecule has 11 heteroatoms. The summed E-state index contributed by atoms with van der Waals surface area (Å²) < 4.78 is 50.2. The second-order valence-electron chi connectivity index (χ2n) is 6.31. The van der Waals surface area contributed by atoms with Crippen molar-refractivity contribution in [2.45, 2.75) is 26.3 Å². The van der Waals surface area contributed by atoms with E-state index in [2.05, 4.69) is 20.6 Å². The van der Waals surface area contributed by atoms with Gasteiger partial charge in [-0.2, -0.15) is 4.98 Å². The SMILES string of the molecule is Cc1nc(-c2onc3c2[C@H](C)N(C(=O)Nc2cc(F)c(F)c(F)c2)CC3)no1. The zero-order valence-corrected chi connectivity index (χ0v) is 14.8. The Kier molecular flexibility index (Phi) is 4.28. The predicted octanol–water partition coefficient (Wildman–Crippen LogP) is 3.60. The third-order valence-electron chi connectivity index (χ3n) is 4.50. The van der Waals surface area contributed by atoms with E-state index in [4.69, 9.17) is 9.05 Å². The minimum Gasteiger partial charge on any atom is -0.352 e. The molecule has 0 fully saturated rings. The first-order valence-corrected chi connectivity index (χ1v) is 8.36. The van der Waals surface area contributed by atoms with E-state index in [1.165, 1.54) is 4.90 Å². The van der Waals surface area contributed by atoms with E-state index >= 15 is 0 Å². The van der Waals surface area contributed by atoms with Gasteiger partial charge in [-0.1, -0.05) is 10.3 Å². The van der Waals surface area contributed by atoms with Crippen LogP contribution in [0.25, 0.3) is 11.6 Å². The van der Waals surface area contributed by atoms with Gasteiger partial charge in [0.25, 0.3) is 0 Å². The summed E-state index contributed by atoms with van der Waals surface area (Å²) >= 11 is 0. The Morgan fingerprint density at radius 2 is 1.93 bits per heavy atom. The van der Waals surface area contributed by atoms with Crippen molar-refractivity contribution >= 4 is 11.7 Å². The summed E-state index contributed by atoms with van der Waals surface area (Å²) in [7, 11) is 0. The molecule has 1 aliphatic rings. The number of nitrogens with one attached hydrogen (secondary N) is 1. The van der Waals surface area contributed by atoms with Crippen LogP contribution >= 0.6 is 0 Å². The van der Waals surface area contributed by atoms with Crippen LogP contribution < -0.4 is 5.32 Å². The Morgan fingerprint density at radius 3 is 2.57 bits per heavy atom. The van der Waals surface area contributed by atoms with E-state index in [1.54, 1.807) is 13.8 Å². The molecule has 1 aliphatic heterocycles. The fourth-order valence-corrected chi connectivity index (χ4v) is 3.17. The van der Waals surface area contributed by atoms with E-state index in [1.807, 2.05) is 0 Å². The molecule has 0 radical (unpaired) electrons. The molecule has 2 amide bonds. The second-order valence-corrected chi connectivity index (χ2v) is 6.31. The first kappa shape index (κ1) is 18.0. The van der Waals surface area contributed by atoms with Crippen molar-refractivity contribution in [1.82, 2.24) is 20.2 Å². The van der Waals surface area contributed by atoms with Crippen molar-refractivity contribution in [3.63, 3.8) is 0 Å². The first-order chi connectivity index (χ1) is 13.3. The van der Waals surface area contributed by atoms with Gasteiger partial charge in [0.1, 0.15) is 0 Å². The lowest BCUT2D eigenvalue weighted by Crippen LogP contribution is -2.41. The molecule has 0 unspecified atom stereocenters. The molecule has 0 saturated carbocycles. The molecular weight excluding hydrogens is 379 g/mol. The maximum Gasteiger partial charge on any atom is 0.322 e. The van der Waals surface area contributed by atoms with Gasteiger partial charge in [-0.05, 0) is 6.92 Å². The molecule has 4 rings (SSSR count). The molecular formula is C17H14F3N5O3. The number of aromatic nitrogens is 3. The first-order valence-electron chi connectivity index (χ1n) is 8.36. The number of hydrogen-bond acceptors (Lipinski definition) is 6. The number of hydrogen-bond donors (Lipinski definition) is 1. The summed E-state index contributed by atoms with van der Waals surface area (Å²) in [5.74, 6) is -3.54. The molecule has 146 valence electrons. The lowest BCUT2D eigenvalue weighted by molar-refractivity contribution is 0.188. The summed E-state index contributed by atoms with van der Waals surface area (Å²) in [6, 6.07) is 0.325. The van der Waals surface area contributed by atoms with Crippen LogP contribution in [0.4, 0.5) is 23.7 Å². The molecule has 1 aromatic carbocycles. The molecule has 2 aromatic heterocycles. The number of fused-ring (bicyclic) bond motifs is 1. The average molecular weight is 393 g/mol. The maximum atomic E-state index is 13.4. The Balaban J connectivity index is 1.60. The monoisotopic (exact) mass is 393 g/mol. The van der Waals surface area contributed by atoms with Crippen LogP contribution in [0.15, 0.2) is 21.2 Å². The Bertz CT molecular complexity index is 1040. The topological polar surface area (TPSA) is 97.3 Å². The van der Waals surface area contributed by atoms with Gasteiger partial charge >= 0.3 is 6.03 Å². The van der Waals surface area contributed by atoms with E-state index in [-0.39, 0.29) is 17.3 Å². The van der Waals surface area contributed by atoms with Crippen LogP contribution in [0.2, 0.25) is 0 Å². The molecule has 1 N–H and O–H groups in total. The number of amides is 2. The summed E-state index contributed by atoms with van der Waals surface area (Å²) in [6.07, 6.45) is 0.402. The van der Waals surface area contributed by atoms with Gasteiger partial charge in [-0.25, -0.2) is 18.0 Å². The number of carbonyl (C=O) groups excluding carboxylic acids is 1. The van der Waals surface area contributed by atoms with Gasteiger partial charge < -0.3 is 19.3 Å². The summed E-state index contributed by atoms with van der Waals surface area (Å²) in [5.41, 5.74) is 1.09. The summed E-state index contributed by atoms with van der Waals surface area (Å²) in [5, 5.41) is 10.2. The molecule has 3 heterocycles. The van der Waals surface area contributed by atoms with Crippen LogP contribution in [-0.2, 0) is 6.42 Å². The lowest BCUT2D eigenvalue weighted by atomic mass is 9.98. The Hall–Kier alpha value is -3.37. The maximum absolute atomic E-state index is 13.4. The van der Waals surface area contributed by atoms with Crippen molar-refractivity contribution in [2.75, 3.05) is 11.9 Å². The van der Waals surface area contributed by atoms with E-state index in [0.29, 0.717) is 42.2 Å². The van der Waals surface area contributed by atoms with Gasteiger partial charge in [-0.3, -0.25) is 0 Å². The van der Waals surface area contributed by atoms with Crippen LogP contribution in [0.3, 0.4) is 0 Å². The highest BCUT2D eigenvalue weighted by Gasteiger charge is 2.35. The zero-order valence-electron chi connectivity index (χ0n) is 14.8.